The third-order valence-corrected chi connectivity index (χ3v) is 1.83. The van der Waals surface area contributed by atoms with E-state index in [1.807, 2.05) is 0 Å². The molecule has 0 aromatic rings. The molecule has 0 aromatic carbocycles. The fraction of sp³-hybridized carbons (Fsp3) is 0.714. The second kappa shape index (κ2) is 3.00. The molecule has 1 rings (SSSR count). The molecule has 1 atom stereocenters. The van der Waals surface area contributed by atoms with Crippen LogP contribution in [0, 0.1) is 0 Å². The van der Waals surface area contributed by atoms with Gasteiger partial charge in [0.25, 0.3) is 0 Å². The van der Waals surface area contributed by atoms with Crippen LogP contribution in [0.2, 0.25) is 0 Å². The van der Waals surface area contributed by atoms with Crippen LogP contribution in [0.5, 0.6) is 0 Å². The largest absolute Gasteiger partial charge is 0.372 e. The summed E-state index contributed by atoms with van der Waals surface area (Å²) in [4.78, 5) is 23.4. The Hall–Kier alpha value is -0.900. The Morgan fingerprint density at radius 3 is 2.73 bits per heavy atom. The van der Waals surface area contributed by atoms with E-state index in [1.165, 1.54) is 12.0 Å². The Morgan fingerprint density at radius 2 is 2.18 bits per heavy atom. The van der Waals surface area contributed by atoms with Gasteiger partial charge in [-0.1, -0.05) is 0 Å². The van der Waals surface area contributed by atoms with Crippen molar-refractivity contribution in [2.24, 2.45) is 0 Å². The van der Waals surface area contributed by atoms with Gasteiger partial charge < -0.3 is 9.64 Å². The predicted molar refractivity (Wildman–Crippen MR) is 38.1 cm³/mol. The molecule has 0 spiro atoms. The second-order valence-electron chi connectivity index (χ2n) is 2.64. The van der Waals surface area contributed by atoms with Crippen molar-refractivity contribution in [1.29, 1.82) is 0 Å². The van der Waals surface area contributed by atoms with Crippen molar-refractivity contribution in [3.05, 3.63) is 0 Å². The maximum atomic E-state index is 11.0. The van der Waals surface area contributed by atoms with Crippen molar-refractivity contribution in [2.45, 2.75) is 12.5 Å². The molecule has 0 aliphatic carbocycles. The number of hydrogen-bond acceptors (Lipinski definition) is 3. The fourth-order valence-electron chi connectivity index (χ4n) is 1.06. The van der Waals surface area contributed by atoms with E-state index in [9.17, 15) is 9.59 Å². The van der Waals surface area contributed by atoms with Crippen molar-refractivity contribution < 1.29 is 14.3 Å². The van der Waals surface area contributed by atoms with Crippen molar-refractivity contribution >= 4 is 11.7 Å². The van der Waals surface area contributed by atoms with Crippen LogP contribution in [0.1, 0.15) is 6.42 Å². The smallest absolute Gasteiger partial charge is 0.229 e. The van der Waals surface area contributed by atoms with E-state index < -0.39 is 6.10 Å². The molecule has 1 aliphatic rings. The first-order valence-corrected chi connectivity index (χ1v) is 3.44. The summed E-state index contributed by atoms with van der Waals surface area (Å²) < 4.78 is 4.88. The number of piperidine rings is 1. The molecular formula is C7H11NO3. The molecule has 1 fully saturated rings. The molecule has 0 saturated carbocycles. The molecule has 62 valence electrons. The number of ketones is 1. The van der Waals surface area contributed by atoms with Crippen LogP contribution in [0.4, 0.5) is 0 Å². The molecule has 0 aromatic heterocycles. The minimum absolute atomic E-state index is 0.0188. The number of Topliss-reactive ketones (excluding diaryl/α,β-unsaturated/α-hetero) is 1. The number of carbonyl (C=O) groups is 2. The van der Waals surface area contributed by atoms with E-state index in [-0.39, 0.29) is 18.1 Å². The van der Waals surface area contributed by atoms with Gasteiger partial charge in [-0.3, -0.25) is 9.59 Å². The summed E-state index contributed by atoms with van der Waals surface area (Å²) in [7, 11) is 3.15. The molecule has 0 N–H and O–H groups in total. The van der Waals surface area contributed by atoms with Crippen LogP contribution < -0.4 is 0 Å². The third-order valence-electron chi connectivity index (χ3n) is 1.83. The van der Waals surface area contributed by atoms with Gasteiger partial charge in [-0.05, 0) is 0 Å². The minimum Gasteiger partial charge on any atom is -0.372 e. The Balaban J connectivity index is 2.62. The van der Waals surface area contributed by atoms with Crippen molar-refractivity contribution in [2.75, 3.05) is 20.7 Å². The van der Waals surface area contributed by atoms with Crippen LogP contribution >= 0.6 is 0 Å². The molecule has 0 radical (unpaired) electrons. The normalized spacial score (nSPS) is 26.0. The van der Waals surface area contributed by atoms with E-state index >= 15 is 0 Å². The zero-order chi connectivity index (χ0) is 8.43. The molecule has 11 heavy (non-hydrogen) atoms. The molecule has 1 amide bonds. The molecule has 4 nitrogen and oxygen atoms in total. The maximum Gasteiger partial charge on any atom is 0.229 e. The summed E-state index contributed by atoms with van der Waals surface area (Å²) >= 11 is 0. The first-order chi connectivity index (χ1) is 5.15. The van der Waals surface area contributed by atoms with Gasteiger partial charge in [0, 0.05) is 14.2 Å². The number of rotatable bonds is 1. The summed E-state index contributed by atoms with van der Waals surface area (Å²) in [5.41, 5.74) is 0. The van der Waals surface area contributed by atoms with Crippen molar-refractivity contribution in [1.82, 2.24) is 4.90 Å². The predicted octanol–water partition coefficient (Wildman–Crippen LogP) is -0.567. The van der Waals surface area contributed by atoms with Crippen LogP contribution in [0.15, 0.2) is 0 Å². The van der Waals surface area contributed by atoms with E-state index in [0.717, 1.165) is 0 Å². The average molecular weight is 157 g/mol. The van der Waals surface area contributed by atoms with Crippen molar-refractivity contribution in [3.8, 4) is 0 Å². The van der Waals surface area contributed by atoms with Gasteiger partial charge in [-0.15, -0.1) is 0 Å². The van der Waals surface area contributed by atoms with Crippen LogP contribution in [0.3, 0.4) is 0 Å². The molecule has 1 unspecified atom stereocenters. The Bertz CT molecular complexity index is 190. The number of hydrogen-bond donors (Lipinski definition) is 0. The number of amides is 1. The number of ether oxygens (including phenoxy) is 1. The zero-order valence-corrected chi connectivity index (χ0v) is 6.66. The SMILES string of the molecule is COC1CN(C)C(=O)CC1=O. The highest BCUT2D eigenvalue weighted by atomic mass is 16.5. The average Bonchev–Trinajstić information content (AvgIpc) is 1.97. The highest BCUT2D eigenvalue weighted by molar-refractivity contribution is 6.02. The lowest BCUT2D eigenvalue weighted by Crippen LogP contribution is -2.46. The van der Waals surface area contributed by atoms with Gasteiger partial charge in [-0.25, -0.2) is 0 Å². The first kappa shape index (κ1) is 8.20. The Labute approximate surface area is 65.1 Å². The number of likely N-dealkylation sites (tertiary alicyclic amines) is 1. The van der Waals surface area contributed by atoms with Gasteiger partial charge in [0.05, 0.1) is 13.0 Å². The lowest BCUT2D eigenvalue weighted by Gasteiger charge is -2.27. The maximum absolute atomic E-state index is 11.0. The van der Waals surface area contributed by atoms with Crippen molar-refractivity contribution in [3.63, 3.8) is 0 Å². The molecule has 1 saturated heterocycles. The summed E-state index contributed by atoms with van der Waals surface area (Å²) in [6, 6.07) is 0. The summed E-state index contributed by atoms with van der Waals surface area (Å²) in [6.45, 7) is 0.383. The van der Waals surface area contributed by atoms with Gasteiger partial charge >= 0.3 is 0 Å². The molecule has 4 heteroatoms. The van der Waals surface area contributed by atoms with Gasteiger partial charge in [0.2, 0.25) is 5.91 Å². The number of nitrogens with zero attached hydrogens (tertiary/aromatic N) is 1. The van der Waals surface area contributed by atoms with Crippen LogP contribution in [0.25, 0.3) is 0 Å². The second-order valence-corrected chi connectivity index (χ2v) is 2.64. The fourth-order valence-corrected chi connectivity index (χ4v) is 1.06. The van der Waals surface area contributed by atoms with Crippen LogP contribution in [-0.4, -0.2) is 43.4 Å². The summed E-state index contributed by atoms with van der Waals surface area (Å²) in [5, 5.41) is 0. The highest BCUT2D eigenvalue weighted by Crippen LogP contribution is 2.07. The van der Waals surface area contributed by atoms with Gasteiger partial charge in [0.15, 0.2) is 5.78 Å². The lowest BCUT2D eigenvalue weighted by atomic mass is 10.1. The van der Waals surface area contributed by atoms with Gasteiger partial charge in [-0.2, -0.15) is 0 Å². The lowest BCUT2D eigenvalue weighted by molar-refractivity contribution is -0.146. The third kappa shape index (κ3) is 1.57. The topological polar surface area (TPSA) is 46.6 Å². The highest BCUT2D eigenvalue weighted by Gasteiger charge is 2.29. The molecule has 0 bridgehead atoms. The number of likely N-dealkylation sites (N-methyl/N-ethyl adjacent to an activating group) is 1. The van der Waals surface area contributed by atoms with Crippen LogP contribution in [-0.2, 0) is 14.3 Å². The standard InChI is InChI=1S/C7H11NO3/c1-8-4-6(11-2)5(9)3-7(8)10/h6H,3-4H2,1-2H3. The van der Waals surface area contributed by atoms with E-state index in [1.54, 1.807) is 7.05 Å². The zero-order valence-electron chi connectivity index (χ0n) is 6.66. The minimum atomic E-state index is -0.419. The monoisotopic (exact) mass is 157 g/mol. The van der Waals surface area contributed by atoms with E-state index in [0.29, 0.717) is 6.54 Å². The van der Waals surface area contributed by atoms with Gasteiger partial charge in [0.1, 0.15) is 6.10 Å². The molecule has 1 heterocycles. The summed E-state index contributed by atoms with van der Waals surface area (Å²) in [5.74, 6) is -0.237. The van der Waals surface area contributed by atoms with E-state index in [2.05, 4.69) is 0 Å². The Kier molecular flexibility index (Phi) is 2.24. The molecule has 1 aliphatic heterocycles. The number of methoxy groups -OCH3 is 1. The quantitative estimate of drug-likeness (QED) is 0.479. The molecular weight excluding hydrogens is 146 g/mol. The Morgan fingerprint density at radius 1 is 1.55 bits per heavy atom. The first-order valence-electron chi connectivity index (χ1n) is 3.44. The van der Waals surface area contributed by atoms with E-state index in [4.69, 9.17) is 4.74 Å². The summed E-state index contributed by atoms with van der Waals surface area (Å²) in [6.07, 6.45) is -0.438. The number of carbonyl (C=O) groups excluding carboxylic acids is 2.